The Bertz CT molecular complexity index is 1540. The molecule has 2 aliphatic rings. The number of imide groups is 1. The molecule has 0 aliphatic carbocycles. The van der Waals surface area contributed by atoms with Crippen molar-refractivity contribution in [1.82, 2.24) is 4.90 Å². The largest absolute Gasteiger partial charge is 0.493 e. The number of halogens is 2. The number of ether oxygens (including phenoxy) is 3. The van der Waals surface area contributed by atoms with Crippen molar-refractivity contribution in [3.8, 4) is 11.5 Å². The van der Waals surface area contributed by atoms with E-state index in [-0.39, 0.29) is 11.5 Å². The lowest BCUT2D eigenvalue weighted by Gasteiger charge is -2.30. The molecule has 0 radical (unpaired) electrons. The van der Waals surface area contributed by atoms with Gasteiger partial charge in [-0.05, 0) is 48.2 Å². The number of carbonyl (C=O) groups excluding carboxylic acids is 3. The van der Waals surface area contributed by atoms with Crippen LogP contribution in [0.15, 0.2) is 65.6 Å². The number of nitrogens with zero attached hydrogens (tertiary/aromatic N) is 2. The summed E-state index contributed by atoms with van der Waals surface area (Å²) in [5, 5.41) is 3.27. The van der Waals surface area contributed by atoms with Crippen LogP contribution >= 0.6 is 35.0 Å². The van der Waals surface area contributed by atoms with Crippen LogP contribution in [0.4, 0.5) is 16.2 Å². The summed E-state index contributed by atoms with van der Waals surface area (Å²) in [5.41, 5.74) is 2.69. The Balaban J connectivity index is 1.30. The highest BCUT2D eigenvalue weighted by Gasteiger charge is 2.36. The number of para-hydroxylation sites is 3. The Morgan fingerprint density at radius 2 is 1.86 bits per heavy atom. The molecule has 0 aromatic heterocycles. The van der Waals surface area contributed by atoms with Crippen molar-refractivity contribution in [2.75, 3.05) is 50.2 Å². The van der Waals surface area contributed by atoms with Gasteiger partial charge in [-0.15, -0.1) is 0 Å². The molecule has 42 heavy (non-hydrogen) atoms. The molecule has 2 saturated heterocycles. The highest BCUT2D eigenvalue weighted by atomic mass is 35.5. The standard InChI is InChI=1S/C30H27Cl2N3O6S/c1-39-25-8-4-5-19(28(25)41-18-20-9-10-21(31)16-22(20)32)15-26-29(37)35(30(38)42-26)17-27(36)33-23-6-2-3-7-24(23)34-11-13-40-14-12-34/h2-10,15-16H,11-14,17-18H2,1H3,(H,33,36)/b26-15+. The molecule has 0 saturated carbocycles. The number of hydrogen-bond acceptors (Lipinski definition) is 8. The normalized spacial score (nSPS) is 16.2. The van der Waals surface area contributed by atoms with Crippen LogP contribution in [-0.4, -0.2) is 61.9 Å². The molecule has 218 valence electrons. The molecule has 0 unspecified atom stereocenters. The van der Waals surface area contributed by atoms with E-state index < -0.39 is 23.6 Å². The summed E-state index contributed by atoms with van der Waals surface area (Å²) in [6.07, 6.45) is 1.55. The van der Waals surface area contributed by atoms with Gasteiger partial charge in [-0.2, -0.15) is 0 Å². The highest BCUT2D eigenvalue weighted by molar-refractivity contribution is 8.18. The Kier molecular flexibility index (Phi) is 9.58. The molecule has 2 fully saturated rings. The van der Waals surface area contributed by atoms with E-state index in [9.17, 15) is 14.4 Å². The van der Waals surface area contributed by atoms with Gasteiger partial charge in [0.25, 0.3) is 11.1 Å². The number of hydrogen-bond donors (Lipinski definition) is 1. The number of morpholine rings is 1. The Labute approximate surface area is 257 Å². The molecule has 5 rings (SSSR count). The van der Waals surface area contributed by atoms with Gasteiger partial charge in [0.1, 0.15) is 13.2 Å². The molecule has 3 amide bonds. The summed E-state index contributed by atoms with van der Waals surface area (Å²) in [4.78, 5) is 42.3. The maximum Gasteiger partial charge on any atom is 0.294 e. The van der Waals surface area contributed by atoms with Crippen molar-refractivity contribution < 1.29 is 28.6 Å². The Morgan fingerprint density at radius 3 is 2.62 bits per heavy atom. The lowest BCUT2D eigenvalue weighted by Crippen LogP contribution is -2.38. The number of benzene rings is 3. The van der Waals surface area contributed by atoms with E-state index in [1.165, 1.54) is 7.11 Å². The van der Waals surface area contributed by atoms with Crippen molar-refractivity contribution in [2.24, 2.45) is 0 Å². The SMILES string of the molecule is COc1cccc(/C=C2/SC(=O)N(CC(=O)Nc3ccccc3N3CCOCC3)C2=O)c1OCc1ccc(Cl)cc1Cl. The summed E-state index contributed by atoms with van der Waals surface area (Å²) in [6, 6.07) is 17.7. The highest BCUT2D eigenvalue weighted by Crippen LogP contribution is 2.38. The molecule has 0 atom stereocenters. The number of rotatable bonds is 9. The average molecular weight is 629 g/mol. The monoisotopic (exact) mass is 627 g/mol. The Hall–Kier alpha value is -3.70. The van der Waals surface area contributed by atoms with Crippen LogP contribution in [0.2, 0.25) is 10.0 Å². The maximum atomic E-state index is 13.3. The second kappa shape index (κ2) is 13.5. The molecule has 12 heteroatoms. The first-order valence-electron chi connectivity index (χ1n) is 13.0. The summed E-state index contributed by atoms with van der Waals surface area (Å²) >= 11 is 13.1. The second-order valence-electron chi connectivity index (χ2n) is 9.34. The molecule has 2 heterocycles. The zero-order valence-corrected chi connectivity index (χ0v) is 24.9. The fourth-order valence-corrected chi connectivity index (χ4v) is 5.81. The average Bonchev–Trinajstić information content (AvgIpc) is 3.25. The van der Waals surface area contributed by atoms with E-state index in [4.69, 9.17) is 37.4 Å². The van der Waals surface area contributed by atoms with Crippen LogP contribution in [0.5, 0.6) is 11.5 Å². The van der Waals surface area contributed by atoms with Crippen LogP contribution in [0.1, 0.15) is 11.1 Å². The van der Waals surface area contributed by atoms with Crippen LogP contribution < -0.4 is 19.7 Å². The van der Waals surface area contributed by atoms with Gasteiger partial charge in [0.05, 0.1) is 36.6 Å². The van der Waals surface area contributed by atoms with Crippen molar-refractivity contribution >= 4 is 69.5 Å². The van der Waals surface area contributed by atoms with Gasteiger partial charge in [0.2, 0.25) is 5.91 Å². The van der Waals surface area contributed by atoms with Gasteiger partial charge in [-0.1, -0.05) is 53.5 Å². The zero-order chi connectivity index (χ0) is 29.6. The minimum atomic E-state index is -0.573. The van der Waals surface area contributed by atoms with E-state index in [0.29, 0.717) is 64.7 Å². The van der Waals surface area contributed by atoms with Crippen LogP contribution in [0.25, 0.3) is 6.08 Å². The lowest BCUT2D eigenvalue weighted by atomic mass is 10.1. The molecule has 1 N–H and O–H groups in total. The summed E-state index contributed by atoms with van der Waals surface area (Å²) in [6.45, 7) is 2.29. The number of amides is 3. The number of methoxy groups -OCH3 is 1. The first-order valence-corrected chi connectivity index (χ1v) is 14.6. The molecule has 9 nitrogen and oxygen atoms in total. The van der Waals surface area contributed by atoms with Gasteiger partial charge < -0.3 is 24.4 Å². The molecule has 2 aliphatic heterocycles. The minimum absolute atomic E-state index is 0.116. The van der Waals surface area contributed by atoms with Crippen molar-refractivity contribution in [3.05, 3.63) is 86.7 Å². The van der Waals surface area contributed by atoms with Gasteiger partial charge in [0.15, 0.2) is 11.5 Å². The predicted molar refractivity (Wildman–Crippen MR) is 165 cm³/mol. The smallest absolute Gasteiger partial charge is 0.294 e. The van der Waals surface area contributed by atoms with Gasteiger partial charge in [-0.3, -0.25) is 19.3 Å². The predicted octanol–water partition coefficient (Wildman–Crippen LogP) is 6.09. The first kappa shape index (κ1) is 29.8. The van der Waals surface area contributed by atoms with Crippen molar-refractivity contribution in [3.63, 3.8) is 0 Å². The van der Waals surface area contributed by atoms with E-state index in [0.717, 1.165) is 22.3 Å². The number of thioether (sulfide) groups is 1. The van der Waals surface area contributed by atoms with Crippen molar-refractivity contribution in [1.29, 1.82) is 0 Å². The Morgan fingerprint density at radius 1 is 1.07 bits per heavy atom. The van der Waals surface area contributed by atoms with E-state index >= 15 is 0 Å². The van der Waals surface area contributed by atoms with Gasteiger partial charge in [-0.25, -0.2) is 0 Å². The lowest BCUT2D eigenvalue weighted by molar-refractivity contribution is -0.127. The summed E-state index contributed by atoms with van der Waals surface area (Å²) in [5.74, 6) is -0.248. The summed E-state index contributed by atoms with van der Waals surface area (Å²) in [7, 11) is 1.50. The number of anilines is 2. The second-order valence-corrected chi connectivity index (χ2v) is 11.2. The van der Waals surface area contributed by atoms with Gasteiger partial charge >= 0.3 is 0 Å². The maximum absolute atomic E-state index is 13.3. The molecule has 3 aromatic carbocycles. The molecule has 3 aromatic rings. The third-order valence-corrected chi connectivity index (χ3v) is 8.10. The number of carbonyl (C=O) groups is 3. The molecule has 0 bridgehead atoms. The third-order valence-electron chi connectivity index (χ3n) is 6.61. The van der Waals surface area contributed by atoms with Crippen LogP contribution in [0.3, 0.4) is 0 Å². The van der Waals surface area contributed by atoms with E-state index in [1.807, 2.05) is 18.2 Å². The first-order chi connectivity index (χ1) is 20.3. The van der Waals surface area contributed by atoms with E-state index in [2.05, 4.69) is 10.2 Å². The third kappa shape index (κ3) is 6.84. The van der Waals surface area contributed by atoms with Crippen LogP contribution in [-0.2, 0) is 20.9 Å². The fraction of sp³-hybridized carbons (Fsp3) is 0.233. The molecular formula is C30H27Cl2N3O6S. The zero-order valence-electron chi connectivity index (χ0n) is 22.6. The molecule has 0 spiro atoms. The summed E-state index contributed by atoms with van der Waals surface area (Å²) < 4.78 is 17.0. The van der Waals surface area contributed by atoms with Crippen molar-refractivity contribution in [2.45, 2.75) is 6.61 Å². The quantitative estimate of drug-likeness (QED) is 0.285. The minimum Gasteiger partial charge on any atom is -0.493 e. The topological polar surface area (TPSA) is 97.4 Å². The molecular weight excluding hydrogens is 601 g/mol. The van der Waals surface area contributed by atoms with E-state index in [1.54, 1.807) is 48.5 Å². The van der Waals surface area contributed by atoms with Crippen LogP contribution in [0, 0.1) is 0 Å². The van der Waals surface area contributed by atoms with Gasteiger partial charge in [0, 0.05) is 34.3 Å². The fourth-order valence-electron chi connectivity index (χ4n) is 4.52. The number of nitrogens with one attached hydrogen (secondary N) is 1.